The van der Waals surface area contributed by atoms with Gasteiger partial charge in [0.15, 0.2) is 0 Å². The third-order valence-corrected chi connectivity index (χ3v) is 2.68. The number of anilines is 3. The van der Waals surface area contributed by atoms with Crippen LogP contribution in [-0.4, -0.2) is 13.0 Å². The molecular weight excluding hydrogens is 245 g/mol. The highest BCUT2D eigenvalue weighted by molar-refractivity contribution is 5.96. The predicted octanol–water partition coefficient (Wildman–Crippen LogP) is 2.51. The molecule has 0 heterocycles. The van der Waals surface area contributed by atoms with Crippen molar-refractivity contribution in [1.29, 1.82) is 0 Å². The molecule has 0 aliphatic rings. The SMILES string of the molecule is CNC(=O)c1ccc(Nc2ccccc2F)c(N)c1. The van der Waals surface area contributed by atoms with Crippen molar-refractivity contribution >= 4 is 23.0 Å². The van der Waals surface area contributed by atoms with Crippen molar-refractivity contribution in [2.24, 2.45) is 0 Å². The van der Waals surface area contributed by atoms with Crippen LogP contribution in [0.3, 0.4) is 0 Å². The maximum Gasteiger partial charge on any atom is 0.251 e. The number of hydrogen-bond donors (Lipinski definition) is 3. The number of carbonyl (C=O) groups excluding carboxylic acids is 1. The van der Waals surface area contributed by atoms with Crippen molar-refractivity contribution in [2.45, 2.75) is 0 Å². The highest BCUT2D eigenvalue weighted by Crippen LogP contribution is 2.25. The van der Waals surface area contributed by atoms with Crippen molar-refractivity contribution in [3.8, 4) is 0 Å². The minimum atomic E-state index is -0.364. The van der Waals surface area contributed by atoms with Gasteiger partial charge in [-0.25, -0.2) is 4.39 Å². The molecule has 0 radical (unpaired) electrons. The van der Waals surface area contributed by atoms with Gasteiger partial charge in [-0.1, -0.05) is 12.1 Å². The Hall–Kier alpha value is -2.56. The second-order valence-electron chi connectivity index (χ2n) is 3.99. The Kier molecular flexibility index (Phi) is 3.66. The van der Waals surface area contributed by atoms with Crippen molar-refractivity contribution in [3.05, 3.63) is 53.8 Å². The third-order valence-electron chi connectivity index (χ3n) is 2.68. The molecule has 0 fully saturated rings. The first-order valence-electron chi connectivity index (χ1n) is 5.75. The Morgan fingerprint density at radius 3 is 2.53 bits per heavy atom. The van der Waals surface area contributed by atoms with Crippen LogP contribution in [0.1, 0.15) is 10.4 Å². The van der Waals surface area contributed by atoms with Crippen LogP contribution in [0, 0.1) is 5.82 Å². The number of para-hydroxylation sites is 1. The van der Waals surface area contributed by atoms with Gasteiger partial charge in [-0.05, 0) is 30.3 Å². The number of carbonyl (C=O) groups is 1. The van der Waals surface area contributed by atoms with E-state index in [9.17, 15) is 9.18 Å². The Labute approximate surface area is 110 Å². The molecule has 2 aromatic rings. The Morgan fingerprint density at radius 1 is 1.16 bits per heavy atom. The fourth-order valence-corrected chi connectivity index (χ4v) is 1.67. The Morgan fingerprint density at radius 2 is 1.89 bits per heavy atom. The number of benzene rings is 2. The standard InChI is InChI=1S/C14H14FN3O/c1-17-14(19)9-6-7-13(11(16)8-9)18-12-5-3-2-4-10(12)15/h2-8,18H,16H2,1H3,(H,17,19). The molecule has 0 aliphatic heterocycles. The van der Waals surface area contributed by atoms with E-state index in [0.29, 0.717) is 22.6 Å². The molecule has 0 saturated carbocycles. The van der Waals surface area contributed by atoms with Gasteiger partial charge >= 0.3 is 0 Å². The number of nitrogens with two attached hydrogens (primary N) is 1. The molecule has 0 spiro atoms. The van der Waals surface area contributed by atoms with Gasteiger partial charge in [0.05, 0.1) is 17.1 Å². The molecular formula is C14H14FN3O. The molecule has 4 N–H and O–H groups in total. The maximum absolute atomic E-state index is 13.5. The lowest BCUT2D eigenvalue weighted by Gasteiger charge is -2.11. The molecule has 0 unspecified atom stereocenters. The normalized spacial score (nSPS) is 10.0. The van der Waals surface area contributed by atoms with Gasteiger partial charge in [0.1, 0.15) is 5.82 Å². The second kappa shape index (κ2) is 5.39. The van der Waals surface area contributed by atoms with Gasteiger partial charge < -0.3 is 16.4 Å². The van der Waals surface area contributed by atoms with Gasteiger partial charge in [-0.15, -0.1) is 0 Å². The van der Waals surface area contributed by atoms with E-state index in [2.05, 4.69) is 10.6 Å². The molecule has 0 aliphatic carbocycles. The lowest BCUT2D eigenvalue weighted by atomic mass is 10.1. The summed E-state index contributed by atoms with van der Waals surface area (Å²) in [7, 11) is 1.55. The van der Waals surface area contributed by atoms with Crippen LogP contribution < -0.4 is 16.4 Å². The molecule has 0 bridgehead atoms. The zero-order valence-electron chi connectivity index (χ0n) is 10.4. The summed E-state index contributed by atoms with van der Waals surface area (Å²) in [5.41, 5.74) is 7.57. The minimum absolute atomic E-state index is 0.218. The topological polar surface area (TPSA) is 67.2 Å². The fourth-order valence-electron chi connectivity index (χ4n) is 1.67. The van der Waals surface area contributed by atoms with Crippen molar-refractivity contribution in [2.75, 3.05) is 18.1 Å². The monoisotopic (exact) mass is 259 g/mol. The van der Waals surface area contributed by atoms with E-state index < -0.39 is 0 Å². The lowest BCUT2D eigenvalue weighted by Crippen LogP contribution is -2.18. The molecule has 5 heteroatoms. The lowest BCUT2D eigenvalue weighted by molar-refractivity contribution is 0.0963. The van der Waals surface area contributed by atoms with E-state index in [1.807, 2.05) is 0 Å². The molecule has 0 atom stereocenters. The van der Waals surface area contributed by atoms with Crippen LogP contribution >= 0.6 is 0 Å². The highest BCUT2D eigenvalue weighted by Gasteiger charge is 2.08. The first kappa shape index (κ1) is 12.9. The average molecular weight is 259 g/mol. The first-order chi connectivity index (χ1) is 9.11. The Bertz CT molecular complexity index is 613. The molecule has 2 aromatic carbocycles. The van der Waals surface area contributed by atoms with Crippen molar-refractivity contribution in [1.82, 2.24) is 5.32 Å². The van der Waals surface area contributed by atoms with Crippen LogP contribution in [0.2, 0.25) is 0 Å². The molecule has 2 rings (SSSR count). The van der Waals surface area contributed by atoms with Crippen LogP contribution in [-0.2, 0) is 0 Å². The summed E-state index contributed by atoms with van der Waals surface area (Å²) in [6.07, 6.45) is 0. The summed E-state index contributed by atoms with van der Waals surface area (Å²) < 4.78 is 13.5. The van der Waals surface area contributed by atoms with Crippen LogP contribution in [0.5, 0.6) is 0 Å². The van der Waals surface area contributed by atoms with Gasteiger partial charge in [0.25, 0.3) is 5.91 Å². The van der Waals surface area contributed by atoms with E-state index in [1.54, 1.807) is 43.4 Å². The fraction of sp³-hybridized carbons (Fsp3) is 0.0714. The Balaban J connectivity index is 2.27. The summed E-state index contributed by atoms with van der Waals surface area (Å²) in [4.78, 5) is 11.4. The van der Waals surface area contributed by atoms with Crippen molar-refractivity contribution < 1.29 is 9.18 Å². The number of nitrogen functional groups attached to an aromatic ring is 1. The average Bonchev–Trinajstić information content (AvgIpc) is 2.42. The molecule has 19 heavy (non-hydrogen) atoms. The zero-order valence-corrected chi connectivity index (χ0v) is 10.4. The van der Waals surface area contributed by atoms with Gasteiger partial charge in [-0.3, -0.25) is 4.79 Å². The van der Waals surface area contributed by atoms with E-state index in [0.717, 1.165) is 0 Å². The zero-order chi connectivity index (χ0) is 13.8. The number of nitrogens with one attached hydrogen (secondary N) is 2. The number of rotatable bonds is 3. The molecule has 4 nitrogen and oxygen atoms in total. The number of halogens is 1. The highest BCUT2D eigenvalue weighted by atomic mass is 19.1. The predicted molar refractivity (Wildman–Crippen MR) is 73.9 cm³/mol. The second-order valence-corrected chi connectivity index (χ2v) is 3.99. The molecule has 1 amide bonds. The molecule has 0 saturated heterocycles. The minimum Gasteiger partial charge on any atom is -0.397 e. The molecule has 98 valence electrons. The van der Waals surface area contributed by atoms with E-state index in [1.165, 1.54) is 6.07 Å². The third kappa shape index (κ3) is 2.82. The van der Waals surface area contributed by atoms with Gasteiger partial charge in [-0.2, -0.15) is 0 Å². The quantitative estimate of drug-likeness (QED) is 0.742. The number of hydrogen-bond acceptors (Lipinski definition) is 3. The van der Waals surface area contributed by atoms with Gasteiger partial charge in [0, 0.05) is 12.6 Å². The first-order valence-corrected chi connectivity index (χ1v) is 5.75. The summed E-state index contributed by atoms with van der Waals surface area (Å²) >= 11 is 0. The van der Waals surface area contributed by atoms with Crippen LogP contribution in [0.15, 0.2) is 42.5 Å². The number of amides is 1. The summed E-state index contributed by atoms with van der Waals surface area (Å²) in [5, 5.41) is 5.40. The van der Waals surface area contributed by atoms with Gasteiger partial charge in [0.2, 0.25) is 0 Å². The molecule has 0 aromatic heterocycles. The van der Waals surface area contributed by atoms with E-state index in [4.69, 9.17) is 5.73 Å². The van der Waals surface area contributed by atoms with Crippen LogP contribution in [0.4, 0.5) is 21.5 Å². The summed E-state index contributed by atoms with van der Waals surface area (Å²) in [6, 6.07) is 11.1. The van der Waals surface area contributed by atoms with E-state index >= 15 is 0 Å². The van der Waals surface area contributed by atoms with Crippen molar-refractivity contribution in [3.63, 3.8) is 0 Å². The largest absolute Gasteiger partial charge is 0.397 e. The summed E-state index contributed by atoms with van der Waals surface area (Å²) in [5.74, 6) is -0.582. The van der Waals surface area contributed by atoms with E-state index in [-0.39, 0.29) is 11.7 Å². The van der Waals surface area contributed by atoms with Crippen LogP contribution in [0.25, 0.3) is 0 Å². The maximum atomic E-state index is 13.5. The smallest absolute Gasteiger partial charge is 0.251 e. The summed E-state index contributed by atoms with van der Waals surface area (Å²) in [6.45, 7) is 0.